The van der Waals surface area contributed by atoms with E-state index in [1.54, 1.807) is 4.90 Å². The number of halogens is 1. The summed E-state index contributed by atoms with van der Waals surface area (Å²) in [6.45, 7) is 13.5. The van der Waals surface area contributed by atoms with Crippen molar-refractivity contribution >= 4 is 57.4 Å². The lowest BCUT2D eigenvalue weighted by molar-refractivity contribution is 0.0180. The van der Waals surface area contributed by atoms with Gasteiger partial charge in [0.05, 0.1) is 0 Å². The number of amides is 1. The van der Waals surface area contributed by atoms with Crippen LogP contribution in [-0.4, -0.2) is 56.0 Å². The molecule has 3 heterocycles. The van der Waals surface area contributed by atoms with Gasteiger partial charge in [-0.15, -0.1) is 0 Å². The topological polar surface area (TPSA) is 118 Å². The fourth-order valence-corrected chi connectivity index (χ4v) is 5.36. The Balaban J connectivity index is 1.66. The van der Waals surface area contributed by atoms with E-state index in [0.29, 0.717) is 47.5 Å². The molecule has 0 spiro atoms. The van der Waals surface area contributed by atoms with Crippen LogP contribution >= 0.6 is 34.4 Å². The van der Waals surface area contributed by atoms with Gasteiger partial charge in [0.25, 0.3) is 0 Å². The van der Waals surface area contributed by atoms with Gasteiger partial charge >= 0.3 is 6.09 Å². The molecule has 0 saturated heterocycles. The van der Waals surface area contributed by atoms with E-state index in [9.17, 15) is 4.79 Å². The number of ether oxygens (including phenoxy) is 3. The van der Waals surface area contributed by atoms with E-state index in [2.05, 4.69) is 53.3 Å². The molecule has 0 atom stereocenters. The number of carbonyl (C=O) groups is 1. The van der Waals surface area contributed by atoms with Crippen molar-refractivity contribution in [2.24, 2.45) is 5.41 Å². The van der Waals surface area contributed by atoms with Gasteiger partial charge in [0, 0.05) is 28.1 Å². The number of imidazole rings is 1. The lowest BCUT2D eigenvalue weighted by Gasteiger charge is -2.32. The Morgan fingerprint density at radius 3 is 2.56 bits per heavy atom. The standard InChI is InChI=1S/C24H31IN6O4S/c1-23(2,3)11-30(22(32)35-24(4,5)6)7-8-31-20-18(19(26)27-12-28-20)29-21(31)36-17-10-16-15(9-14(17)25)33-13-34-16/h9-10,12H,7-8,11,13H2,1-6H3,(H2,26,27,28)/i25-3. The first-order valence-electron chi connectivity index (χ1n) is 11.5. The summed E-state index contributed by atoms with van der Waals surface area (Å²) in [5, 5.41) is 0.689. The van der Waals surface area contributed by atoms with Gasteiger partial charge in [-0.1, -0.05) is 32.5 Å². The van der Waals surface area contributed by atoms with Crippen molar-refractivity contribution in [2.45, 2.75) is 63.7 Å². The number of aromatic nitrogens is 4. The molecule has 3 aromatic rings. The number of fused-ring (bicyclic) bond motifs is 2. The van der Waals surface area contributed by atoms with Gasteiger partial charge in [-0.3, -0.25) is 0 Å². The summed E-state index contributed by atoms with van der Waals surface area (Å²) in [6, 6.07) is 3.89. The molecule has 12 heteroatoms. The number of nitrogens with two attached hydrogens (primary N) is 1. The van der Waals surface area contributed by atoms with Crippen LogP contribution in [0.5, 0.6) is 11.5 Å². The third-order valence-corrected chi connectivity index (χ3v) is 7.37. The van der Waals surface area contributed by atoms with Gasteiger partial charge in [0.1, 0.15) is 11.9 Å². The van der Waals surface area contributed by atoms with E-state index in [0.717, 1.165) is 14.2 Å². The highest BCUT2D eigenvalue weighted by Gasteiger charge is 2.27. The molecule has 2 N–H and O–H groups in total. The van der Waals surface area contributed by atoms with Crippen LogP contribution in [0.4, 0.5) is 10.6 Å². The third kappa shape index (κ3) is 6.25. The smallest absolute Gasteiger partial charge is 0.410 e. The largest absolute Gasteiger partial charge is 0.454 e. The second kappa shape index (κ2) is 10.1. The normalized spacial score (nSPS) is 13.3. The molecule has 4 rings (SSSR count). The van der Waals surface area contributed by atoms with Gasteiger partial charge < -0.3 is 29.4 Å². The average molecular weight is 624 g/mol. The van der Waals surface area contributed by atoms with Gasteiger partial charge in [-0.25, -0.2) is 19.7 Å². The number of nitrogens with zero attached hydrogens (tertiary/aromatic N) is 5. The maximum atomic E-state index is 13.0. The number of nitrogen functional groups attached to an aromatic ring is 1. The Kier molecular flexibility index (Phi) is 7.47. The molecule has 36 heavy (non-hydrogen) atoms. The third-order valence-electron chi connectivity index (χ3n) is 5.06. The predicted octanol–water partition coefficient (Wildman–Crippen LogP) is 5.18. The van der Waals surface area contributed by atoms with Gasteiger partial charge in [0.2, 0.25) is 6.79 Å². The van der Waals surface area contributed by atoms with E-state index < -0.39 is 5.60 Å². The summed E-state index contributed by atoms with van der Waals surface area (Å²) in [4.78, 5) is 29.1. The van der Waals surface area contributed by atoms with Crippen molar-refractivity contribution in [1.82, 2.24) is 24.4 Å². The zero-order chi connectivity index (χ0) is 26.3. The van der Waals surface area contributed by atoms with Gasteiger partial charge in [0.15, 0.2) is 33.6 Å². The van der Waals surface area contributed by atoms with Gasteiger partial charge in [-0.05, 0) is 60.9 Å². The van der Waals surface area contributed by atoms with Crippen molar-refractivity contribution in [1.29, 1.82) is 0 Å². The van der Waals surface area contributed by atoms with Crippen LogP contribution in [0.1, 0.15) is 41.5 Å². The zero-order valence-electron chi connectivity index (χ0n) is 21.3. The SMILES string of the molecule is CC(C)(C)CN(CCn1c(Sc2cc3c(cc2[124I])OCO3)nc2c(N)ncnc21)C(=O)OC(C)(C)C. The van der Waals surface area contributed by atoms with Crippen molar-refractivity contribution in [3.8, 4) is 11.5 Å². The van der Waals surface area contributed by atoms with E-state index >= 15 is 0 Å². The molecule has 1 aromatic carbocycles. The lowest BCUT2D eigenvalue weighted by atomic mass is 9.96. The Morgan fingerprint density at radius 1 is 1.19 bits per heavy atom. The minimum absolute atomic E-state index is 0.110. The number of rotatable bonds is 6. The van der Waals surface area contributed by atoms with Crippen molar-refractivity contribution < 1.29 is 19.0 Å². The lowest BCUT2D eigenvalue weighted by Crippen LogP contribution is -2.42. The van der Waals surface area contributed by atoms with E-state index in [4.69, 9.17) is 24.9 Å². The fourth-order valence-electron chi connectivity index (χ4n) is 3.64. The molecule has 1 amide bonds. The van der Waals surface area contributed by atoms with Crippen molar-refractivity contribution in [2.75, 3.05) is 25.6 Å². The molecular weight excluding hydrogens is 592 g/mol. The molecule has 2 aromatic heterocycles. The highest BCUT2D eigenvalue weighted by Crippen LogP contribution is 2.41. The minimum atomic E-state index is -0.590. The Morgan fingerprint density at radius 2 is 1.89 bits per heavy atom. The number of benzene rings is 1. The van der Waals surface area contributed by atoms with Crippen LogP contribution in [0, 0.1) is 8.99 Å². The van der Waals surface area contributed by atoms with Crippen LogP contribution in [0.15, 0.2) is 28.5 Å². The van der Waals surface area contributed by atoms with Crippen LogP contribution in [0.2, 0.25) is 0 Å². The van der Waals surface area contributed by atoms with Crippen LogP contribution in [0.3, 0.4) is 0 Å². The molecule has 10 nitrogen and oxygen atoms in total. The van der Waals surface area contributed by atoms with E-state index in [-0.39, 0.29) is 18.3 Å². The number of hydrogen-bond acceptors (Lipinski definition) is 9. The number of anilines is 1. The minimum Gasteiger partial charge on any atom is -0.454 e. The molecule has 0 aliphatic carbocycles. The first-order valence-corrected chi connectivity index (χ1v) is 13.4. The molecule has 0 fully saturated rings. The summed E-state index contributed by atoms with van der Waals surface area (Å²) in [5.74, 6) is 1.73. The quantitative estimate of drug-likeness (QED) is 0.371. The highest BCUT2D eigenvalue weighted by atomic mass is 124. The van der Waals surface area contributed by atoms with E-state index in [1.807, 2.05) is 37.5 Å². The molecular formula is C24H31IN6O4S. The maximum absolute atomic E-state index is 13.0. The second-order valence-electron chi connectivity index (χ2n) is 10.7. The average Bonchev–Trinajstić information content (AvgIpc) is 3.34. The number of hydrogen-bond donors (Lipinski definition) is 1. The monoisotopic (exact) mass is 623 g/mol. The molecule has 0 radical (unpaired) electrons. The predicted molar refractivity (Wildman–Crippen MR) is 146 cm³/mol. The van der Waals surface area contributed by atoms with Crippen LogP contribution in [0.25, 0.3) is 11.2 Å². The molecule has 0 saturated carbocycles. The van der Waals surface area contributed by atoms with E-state index in [1.165, 1.54) is 18.1 Å². The van der Waals surface area contributed by atoms with Gasteiger partial charge in [-0.2, -0.15) is 0 Å². The second-order valence-corrected chi connectivity index (χ2v) is 12.8. The number of carbonyl (C=O) groups excluding carboxylic acids is 1. The molecule has 0 unspecified atom stereocenters. The summed E-state index contributed by atoms with van der Waals surface area (Å²) >= 11 is 3.74. The van der Waals surface area contributed by atoms with Crippen molar-refractivity contribution in [3.63, 3.8) is 0 Å². The summed E-state index contributed by atoms with van der Waals surface area (Å²) in [5.41, 5.74) is 6.57. The molecule has 1 aliphatic rings. The zero-order valence-corrected chi connectivity index (χ0v) is 24.3. The Hall–Kier alpha value is -2.48. The first-order chi connectivity index (χ1) is 16.8. The molecule has 0 bridgehead atoms. The molecule has 1 aliphatic heterocycles. The first kappa shape index (κ1) is 26.6. The van der Waals surface area contributed by atoms with Crippen LogP contribution < -0.4 is 15.2 Å². The Bertz CT molecular complexity index is 1280. The summed E-state index contributed by atoms with van der Waals surface area (Å²) in [7, 11) is 0. The maximum Gasteiger partial charge on any atom is 0.410 e. The summed E-state index contributed by atoms with van der Waals surface area (Å²) < 4.78 is 19.7. The summed E-state index contributed by atoms with van der Waals surface area (Å²) in [6.07, 6.45) is 1.07. The molecule has 194 valence electrons. The fraction of sp³-hybridized carbons (Fsp3) is 0.500. The van der Waals surface area contributed by atoms with Crippen molar-refractivity contribution in [3.05, 3.63) is 22.0 Å². The van der Waals surface area contributed by atoms with Crippen LogP contribution in [-0.2, 0) is 11.3 Å². The Labute approximate surface area is 228 Å². The highest BCUT2D eigenvalue weighted by molar-refractivity contribution is 14.1.